The molecule has 6 heteroatoms. The van der Waals surface area contributed by atoms with E-state index in [0.717, 1.165) is 48.9 Å². The topological polar surface area (TPSA) is 45.2 Å². The summed E-state index contributed by atoms with van der Waals surface area (Å²) in [6, 6.07) is 8.75. The Balaban J connectivity index is 1.35. The summed E-state index contributed by atoms with van der Waals surface area (Å²) in [5, 5.41) is 0.957. The fraction of sp³-hybridized carbons (Fsp3) is 0.381. The molecule has 0 saturated carbocycles. The first-order valence-electron chi connectivity index (χ1n) is 9.65. The van der Waals surface area contributed by atoms with Gasteiger partial charge in [0.15, 0.2) is 5.82 Å². The highest BCUT2D eigenvalue weighted by molar-refractivity contribution is 5.80. The molecular formula is C21H22FN5. The number of pyridine rings is 1. The Hall–Kier alpha value is -2.76. The molecule has 2 fully saturated rings. The van der Waals surface area contributed by atoms with E-state index < -0.39 is 0 Å². The fourth-order valence-corrected chi connectivity index (χ4v) is 4.07. The summed E-state index contributed by atoms with van der Waals surface area (Å²) in [6.45, 7) is 3.88. The first-order valence-corrected chi connectivity index (χ1v) is 9.65. The maximum Gasteiger partial charge on any atom is 0.150 e. The molecule has 0 unspecified atom stereocenters. The van der Waals surface area contributed by atoms with Crippen molar-refractivity contribution < 1.29 is 4.39 Å². The quantitative estimate of drug-likeness (QED) is 0.709. The van der Waals surface area contributed by atoms with Crippen LogP contribution in [-0.2, 0) is 0 Å². The zero-order valence-corrected chi connectivity index (χ0v) is 15.2. The average Bonchev–Trinajstić information content (AvgIpc) is 2.68. The highest BCUT2D eigenvalue weighted by atomic mass is 19.1. The largest absolute Gasteiger partial charge is 0.355 e. The lowest BCUT2D eigenvalue weighted by Gasteiger charge is -2.41. The summed E-state index contributed by atoms with van der Waals surface area (Å²) in [5.41, 5.74) is 1.80. The molecule has 2 aliphatic rings. The lowest BCUT2D eigenvalue weighted by Crippen LogP contribution is -2.46. The lowest BCUT2D eigenvalue weighted by molar-refractivity contribution is 0.501. The number of rotatable bonds is 3. The molecule has 0 radical (unpaired) electrons. The molecule has 0 bridgehead atoms. The van der Waals surface area contributed by atoms with Crippen LogP contribution >= 0.6 is 0 Å². The van der Waals surface area contributed by atoms with Crippen LogP contribution in [0.3, 0.4) is 0 Å². The number of nitrogens with zero attached hydrogens (tertiary/aromatic N) is 5. The van der Waals surface area contributed by atoms with Crippen molar-refractivity contribution in [3.05, 3.63) is 54.2 Å². The van der Waals surface area contributed by atoms with Gasteiger partial charge in [-0.3, -0.25) is 4.98 Å². The Morgan fingerprint density at radius 2 is 1.67 bits per heavy atom. The van der Waals surface area contributed by atoms with Crippen LogP contribution in [0, 0.1) is 5.82 Å². The third-order valence-electron chi connectivity index (χ3n) is 5.59. The van der Waals surface area contributed by atoms with Crippen LogP contribution < -0.4 is 9.80 Å². The van der Waals surface area contributed by atoms with Gasteiger partial charge in [-0.15, -0.1) is 0 Å². The second-order valence-electron chi connectivity index (χ2n) is 7.42. The number of benzene rings is 1. The summed E-state index contributed by atoms with van der Waals surface area (Å²) in [5.74, 6) is 2.06. The predicted octanol–water partition coefficient (Wildman–Crippen LogP) is 3.76. The van der Waals surface area contributed by atoms with Gasteiger partial charge < -0.3 is 9.80 Å². The van der Waals surface area contributed by atoms with E-state index >= 15 is 0 Å². The summed E-state index contributed by atoms with van der Waals surface area (Å²) >= 11 is 0. The van der Waals surface area contributed by atoms with Crippen molar-refractivity contribution in [3.8, 4) is 0 Å². The van der Waals surface area contributed by atoms with E-state index in [1.54, 1.807) is 18.5 Å². The van der Waals surface area contributed by atoms with Gasteiger partial charge in [-0.05, 0) is 43.5 Å². The number of anilines is 2. The van der Waals surface area contributed by atoms with Crippen molar-refractivity contribution in [1.82, 2.24) is 15.0 Å². The Kier molecular flexibility index (Phi) is 4.11. The van der Waals surface area contributed by atoms with E-state index in [1.807, 2.05) is 12.1 Å². The molecule has 4 heterocycles. The van der Waals surface area contributed by atoms with Crippen molar-refractivity contribution in [2.24, 2.45) is 0 Å². The van der Waals surface area contributed by atoms with Gasteiger partial charge in [0, 0.05) is 55.9 Å². The van der Waals surface area contributed by atoms with Crippen molar-refractivity contribution >= 4 is 22.5 Å². The van der Waals surface area contributed by atoms with E-state index in [-0.39, 0.29) is 5.82 Å². The number of halogens is 1. The smallest absolute Gasteiger partial charge is 0.150 e. The Labute approximate surface area is 157 Å². The number of piperidine rings is 1. The average molecular weight is 363 g/mol. The molecule has 2 aromatic heterocycles. The minimum atomic E-state index is -0.251. The van der Waals surface area contributed by atoms with E-state index in [4.69, 9.17) is 0 Å². The summed E-state index contributed by atoms with van der Waals surface area (Å²) in [7, 11) is 0. The van der Waals surface area contributed by atoms with Crippen LogP contribution in [-0.4, -0.2) is 41.1 Å². The molecule has 0 amide bonds. The molecule has 2 saturated heterocycles. The summed E-state index contributed by atoms with van der Waals surface area (Å²) in [4.78, 5) is 18.6. The maximum atomic E-state index is 13.5. The van der Waals surface area contributed by atoms with Gasteiger partial charge in [0.25, 0.3) is 0 Å². The first-order chi connectivity index (χ1) is 13.3. The molecular weight excluding hydrogens is 341 g/mol. The molecule has 138 valence electrons. The molecule has 0 atom stereocenters. The third-order valence-corrected chi connectivity index (χ3v) is 5.59. The Morgan fingerprint density at radius 3 is 2.52 bits per heavy atom. The molecule has 2 aliphatic heterocycles. The van der Waals surface area contributed by atoms with Crippen molar-refractivity contribution in [3.63, 3.8) is 0 Å². The minimum Gasteiger partial charge on any atom is -0.355 e. The molecule has 0 aliphatic carbocycles. The van der Waals surface area contributed by atoms with Crippen LogP contribution in [0.15, 0.2) is 42.7 Å². The van der Waals surface area contributed by atoms with Crippen molar-refractivity contribution in [2.75, 3.05) is 36.0 Å². The van der Waals surface area contributed by atoms with E-state index in [0.29, 0.717) is 11.4 Å². The summed E-state index contributed by atoms with van der Waals surface area (Å²) < 4.78 is 13.5. The zero-order valence-electron chi connectivity index (χ0n) is 15.2. The van der Waals surface area contributed by atoms with Crippen LogP contribution in [0.1, 0.15) is 30.9 Å². The number of hydrogen-bond acceptors (Lipinski definition) is 5. The van der Waals surface area contributed by atoms with E-state index in [9.17, 15) is 4.39 Å². The minimum absolute atomic E-state index is 0.251. The number of fused-ring (bicyclic) bond motifs is 1. The molecule has 5 rings (SSSR count). The zero-order chi connectivity index (χ0) is 18.2. The predicted molar refractivity (Wildman–Crippen MR) is 105 cm³/mol. The van der Waals surface area contributed by atoms with Gasteiger partial charge in [0.1, 0.15) is 11.6 Å². The fourth-order valence-electron chi connectivity index (χ4n) is 4.07. The second kappa shape index (κ2) is 6.76. The lowest BCUT2D eigenvalue weighted by atomic mass is 9.95. The number of hydrogen-bond donors (Lipinski definition) is 0. The van der Waals surface area contributed by atoms with Gasteiger partial charge >= 0.3 is 0 Å². The van der Waals surface area contributed by atoms with Gasteiger partial charge in [-0.1, -0.05) is 0 Å². The van der Waals surface area contributed by atoms with Crippen LogP contribution in [0.5, 0.6) is 0 Å². The molecule has 0 N–H and O–H groups in total. The third kappa shape index (κ3) is 3.09. The van der Waals surface area contributed by atoms with Crippen molar-refractivity contribution in [2.45, 2.75) is 25.2 Å². The molecule has 0 spiro atoms. The Morgan fingerprint density at radius 1 is 0.889 bits per heavy atom. The SMILES string of the molecule is Fc1ccc2ccc(N3CC(c4nccnc4N4CCCCC4)C3)nc2c1. The normalized spacial score (nSPS) is 18.0. The molecule has 27 heavy (non-hydrogen) atoms. The van der Waals surface area contributed by atoms with Gasteiger partial charge in [0.2, 0.25) is 0 Å². The highest BCUT2D eigenvalue weighted by Crippen LogP contribution is 2.34. The Bertz CT molecular complexity index is 964. The molecule has 5 nitrogen and oxygen atoms in total. The van der Waals surface area contributed by atoms with Gasteiger partial charge in [0.05, 0.1) is 11.2 Å². The molecule has 1 aromatic carbocycles. The van der Waals surface area contributed by atoms with Gasteiger partial charge in [-0.2, -0.15) is 0 Å². The monoisotopic (exact) mass is 363 g/mol. The highest BCUT2D eigenvalue weighted by Gasteiger charge is 2.33. The van der Waals surface area contributed by atoms with E-state index in [1.165, 1.54) is 31.4 Å². The van der Waals surface area contributed by atoms with Crippen LogP contribution in [0.4, 0.5) is 16.0 Å². The number of aromatic nitrogens is 3. The standard InChI is InChI=1S/C21H22FN5/c22-17-6-4-15-5-7-19(25-18(15)12-17)27-13-16(14-27)20-21(24-9-8-23-20)26-10-2-1-3-11-26/h4-9,12,16H,1-3,10-11,13-14H2. The van der Waals surface area contributed by atoms with E-state index in [2.05, 4.69) is 24.8 Å². The molecule has 3 aromatic rings. The second-order valence-corrected chi connectivity index (χ2v) is 7.42. The van der Waals surface area contributed by atoms with Gasteiger partial charge in [-0.25, -0.2) is 14.4 Å². The van der Waals surface area contributed by atoms with Crippen LogP contribution in [0.2, 0.25) is 0 Å². The van der Waals surface area contributed by atoms with Crippen LogP contribution in [0.25, 0.3) is 10.9 Å². The maximum absolute atomic E-state index is 13.5. The first kappa shape index (κ1) is 16.4. The summed E-state index contributed by atoms with van der Waals surface area (Å²) in [6.07, 6.45) is 7.35. The van der Waals surface area contributed by atoms with Crippen molar-refractivity contribution in [1.29, 1.82) is 0 Å².